The molecular weight excluding hydrogens is 301 g/mol. The van der Waals surface area contributed by atoms with Crippen molar-refractivity contribution < 1.29 is 34.0 Å². The minimum Gasteiger partial charge on any atom is -0.481 e. The summed E-state index contributed by atoms with van der Waals surface area (Å²) in [6.45, 7) is 0.721. The molecular formula is C12H22NO7P. The molecule has 1 rings (SSSR count). The lowest BCUT2D eigenvalue weighted by Crippen LogP contribution is -2.32. The quantitative estimate of drug-likeness (QED) is 0.438. The van der Waals surface area contributed by atoms with Crippen molar-refractivity contribution in [2.45, 2.75) is 50.7 Å². The van der Waals surface area contributed by atoms with E-state index in [0.29, 0.717) is 12.8 Å². The fourth-order valence-electron chi connectivity index (χ4n) is 2.34. The zero-order chi connectivity index (χ0) is 15.9. The van der Waals surface area contributed by atoms with E-state index in [-0.39, 0.29) is 12.3 Å². The first-order valence-corrected chi connectivity index (χ1v) is 8.78. The Kier molecular flexibility index (Phi) is 7.31. The van der Waals surface area contributed by atoms with Gasteiger partial charge in [0.25, 0.3) is 7.52 Å². The summed E-state index contributed by atoms with van der Waals surface area (Å²) in [5.74, 6) is -2.43. The average Bonchev–Trinajstić information content (AvgIpc) is 2.78. The number of ether oxygens (including phenoxy) is 1. The topological polar surface area (TPSA) is 133 Å². The maximum Gasteiger partial charge on any atom is 0.304 e. The molecule has 9 heteroatoms. The maximum atomic E-state index is 12.0. The highest BCUT2D eigenvalue weighted by Crippen LogP contribution is 2.38. The van der Waals surface area contributed by atoms with E-state index < -0.39 is 38.3 Å². The van der Waals surface area contributed by atoms with Gasteiger partial charge < -0.3 is 19.8 Å². The number of nitrogens with one attached hydrogen (secondary N) is 1. The van der Waals surface area contributed by atoms with Gasteiger partial charge in [-0.1, -0.05) is 0 Å². The van der Waals surface area contributed by atoms with Crippen LogP contribution in [0.25, 0.3) is 0 Å². The smallest absolute Gasteiger partial charge is 0.304 e. The molecule has 1 aliphatic heterocycles. The van der Waals surface area contributed by atoms with Crippen molar-refractivity contribution in [1.29, 1.82) is 0 Å². The molecule has 2 atom stereocenters. The van der Waals surface area contributed by atoms with Gasteiger partial charge in [0.1, 0.15) is 0 Å². The lowest BCUT2D eigenvalue weighted by molar-refractivity contribution is -0.139. The Morgan fingerprint density at radius 2 is 1.90 bits per heavy atom. The third kappa shape index (κ3) is 8.16. The van der Waals surface area contributed by atoms with Crippen LogP contribution in [0.4, 0.5) is 0 Å². The molecule has 21 heavy (non-hydrogen) atoms. The van der Waals surface area contributed by atoms with E-state index in [1.165, 1.54) is 0 Å². The number of carboxylic acid groups (broad SMARTS) is 2. The summed E-state index contributed by atoms with van der Waals surface area (Å²) < 4.78 is 17.4. The Morgan fingerprint density at radius 1 is 1.29 bits per heavy atom. The molecule has 1 aliphatic rings. The van der Waals surface area contributed by atoms with Crippen LogP contribution in [-0.4, -0.2) is 52.0 Å². The molecule has 1 saturated heterocycles. The second-order valence-electron chi connectivity index (χ2n) is 5.22. The van der Waals surface area contributed by atoms with E-state index in [2.05, 4.69) is 5.09 Å². The van der Waals surface area contributed by atoms with Crippen LogP contribution in [0.15, 0.2) is 0 Å². The van der Waals surface area contributed by atoms with E-state index in [0.717, 1.165) is 19.4 Å². The van der Waals surface area contributed by atoms with Gasteiger partial charge >= 0.3 is 11.9 Å². The van der Waals surface area contributed by atoms with Crippen LogP contribution in [0.1, 0.15) is 38.5 Å². The van der Waals surface area contributed by atoms with Gasteiger partial charge in [-0.2, -0.15) is 0 Å². The fourth-order valence-corrected chi connectivity index (χ4v) is 3.83. The molecule has 122 valence electrons. The Hall–Kier alpha value is -0.950. The SMILES string of the molecule is O=C(O)CC(CC(=O)O)NP(=O)(O)CCCC1CCCO1. The van der Waals surface area contributed by atoms with Crippen LogP contribution < -0.4 is 5.09 Å². The van der Waals surface area contributed by atoms with Crippen molar-refractivity contribution in [3.05, 3.63) is 0 Å². The van der Waals surface area contributed by atoms with Gasteiger partial charge in [-0.05, 0) is 25.7 Å². The maximum absolute atomic E-state index is 12.0. The van der Waals surface area contributed by atoms with E-state index in [1.807, 2.05) is 0 Å². The predicted molar refractivity (Wildman–Crippen MR) is 74.3 cm³/mol. The van der Waals surface area contributed by atoms with Crippen molar-refractivity contribution in [3.8, 4) is 0 Å². The summed E-state index contributed by atoms with van der Waals surface area (Å²) in [5.41, 5.74) is 0. The molecule has 1 heterocycles. The van der Waals surface area contributed by atoms with Gasteiger partial charge in [0, 0.05) is 18.8 Å². The van der Waals surface area contributed by atoms with Crippen LogP contribution in [0.3, 0.4) is 0 Å². The summed E-state index contributed by atoms with van der Waals surface area (Å²) >= 11 is 0. The zero-order valence-electron chi connectivity index (χ0n) is 11.7. The Bertz CT molecular complexity index is 392. The van der Waals surface area contributed by atoms with E-state index in [1.54, 1.807) is 0 Å². The summed E-state index contributed by atoms with van der Waals surface area (Å²) in [4.78, 5) is 31.1. The number of carbonyl (C=O) groups is 2. The van der Waals surface area contributed by atoms with Gasteiger partial charge in [-0.15, -0.1) is 0 Å². The summed E-state index contributed by atoms with van der Waals surface area (Å²) in [5, 5.41) is 19.7. The number of carboxylic acids is 2. The molecule has 0 bridgehead atoms. The highest BCUT2D eigenvalue weighted by Gasteiger charge is 2.27. The first-order valence-electron chi connectivity index (χ1n) is 6.93. The molecule has 0 aromatic heterocycles. The second kappa shape index (κ2) is 8.48. The standard InChI is InChI=1S/C12H22NO7P/c14-11(15)7-9(8-12(16)17)13-21(18,19)6-2-4-10-3-1-5-20-10/h9-10H,1-8H2,(H,14,15)(H,16,17)(H2,13,18,19). The fraction of sp³-hybridized carbons (Fsp3) is 0.833. The second-order valence-corrected chi connectivity index (χ2v) is 7.33. The van der Waals surface area contributed by atoms with Crippen molar-refractivity contribution >= 4 is 19.5 Å². The lowest BCUT2D eigenvalue weighted by atomic mass is 10.1. The Labute approximate surface area is 123 Å². The van der Waals surface area contributed by atoms with Gasteiger partial charge in [-0.3, -0.25) is 14.2 Å². The van der Waals surface area contributed by atoms with Gasteiger partial charge in [0.05, 0.1) is 18.9 Å². The lowest BCUT2D eigenvalue weighted by Gasteiger charge is -2.20. The molecule has 0 aromatic rings. The molecule has 0 spiro atoms. The van der Waals surface area contributed by atoms with E-state index in [4.69, 9.17) is 14.9 Å². The monoisotopic (exact) mass is 323 g/mol. The number of aliphatic carboxylic acids is 2. The largest absolute Gasteiger partial charge is 0.481 e. The average molecular weight is 323 g/mol. The molecule has 0 saturated carbocycles. The normalized spacial score (nSPS) is 21.3. The molecule has 0 aromatic carbocycles. The first kappa shape index (κ1) is 18.1. The van der Waals surface area contributed by atoms with Gasteiger partial charge in [0.2, 0.25) is 0 Å². The third-order valence-corrected chi connectivity index (χ3v) is 4.93. The summed E-state index contributed by atoms with van der Waals surface area (Å²) in [7, 11) is -3.75. The minimum absolute atomic E-state index is 0.0252. The van der Waals surface area contributed by atoms with Crippen LogP contribution in [-0.2, 0) is 18.9 Å². The number of hydrogen-bond acceptors (Lipinski definition) is 4. The van der Waals surface area contributed by atoms with Crippen molar-refractivity contribution in [1.82, 2.24) is 5.09 Å². The minimum atomic E-state index is -3.75. The van der Waals surface area contributed by atoms with Crippen molar-refractivity contribution in [2.24, 2.45) is 0 Å². The molecule has 4 N–H and O–H groups in total. The summed E-state index contributed by atoms with van der Waals surface area (Å²) in [6, 6.07) is -1.06. The molecule has 0 radical (unpaired) electrons. The van der Waals surface area contributed by atoms with E-state index in [9.17, 15) is 19.0 Å². The Morgan fingerprint density at radius 3 is 2.38 bits per heavy atom. The molecule has 1 fully saturated rings. The van der Waals surface area contributed by atoms with Crippen LogP contribution in [0.5, 0.6) is 0 Å². The van der Waals surface area contributed by atoms with E-state index >= 15 is 0 Å². The molecule has 0 amide bonds. The highest BCUT2D eigenvalue weighted by atomic mass is 31.2. The first-order chi connectivity index (χ1) is 9.78. The van der Waals surface area contributed by atoms with Crippen LogP contribution in [0, 0.1) is 0 Å². The third-order valence-electron chi connectivity index (χ3n) is 3.24. The van der Waals surface area contributed by atoms with Crippen molar-refractivity contribution in [2.75, 3.05) is 12.8 Å². The highest BCUT2D eigenvalue weighted by molar-refractivity contribution is 7.55. The van der Waals surface area contributed by atoms with Crippen molar-refractivity contribution in [3.63, 3.8) is 0 Å². The number of rotatable bonds is 10. The summed E-state index contributed by atoms with van der Waals surface area (Å²) in [6.07, 6.45) is 2.17. The number of hydrogen-bond donors (Lipinski definition) is 4. The van der Waals surface area contributed by atoms with Crippen LogP contribution >= 0.6 is 7.52 Å². The van der Waals surface area contributed by atoms with Gasteiger partial charge in [0.15, 0.2) is 0 Å². The van der Waals surface area contributed by atoms with Gasteiger partial charge in [-0.25, -0.2) is 5.09 Å². The molecule has 0 aliphatic carbocycles. The molecule has 2 unspecified atom stereocenters. The Balaban J connectivity index is 2.40. The molecule has 8 nitrogen and oxygen atoms in total. The predicted octanol–water partition coefficient (Wildman–Crippen LogP) is 1.04. The zero-order valence-corrected chi connectivity index (χ0v) is 12.6. The van der Waals surface area contributed by atoms with Crippen LogP contribution in [0.2, 0.25) is 0 Å².